The molecule has 1 aliphatic rings. The molecule has 2 nitrogen and oxygen atoms in total. The summed E-state index contributed by atoms with van der Waals surface area (Å²) in [6, 6.07) is 1.38. The number of nitrogens with zero attached hydrogens (tertiary/aromatic N) is 1. The minimum Gasteiger partial charge on any atom is -0.252 e. The summed E-state index contributed by atoms with van der Waals surface area (Å²) in [7, 11) is 2.11. The fraction of sp³-hybridized carbons (Fsp3) is 1.00. The molecule has 0 aromatic heterocycles. The van der Waals surface area contributed by atoms with Crippen molar-refractivity contribution in [1.29, 1.82) is 0 Å². The lowest BCUT2D eigenvalue weighted by Gasteiger charge is -2.34. The summed E-state index contributed by atoms with van der Waals surface area (Å²) >= 11 is 0. The van der Waals surface area contributed by atoms with Gasteiger partial charge in [-0.1, -0.05) is 27.7 Å². The quantitative estimate of drug-likeness (QED) is 0.628. The Hall–Kier alpha value is -0.0800. The highest BCUT2D eigenvalue weighted by Crippen LogP contribution is 2.11. The molecule has 1 heterocycles. The van der Waals surface area contributed by atoms with Gasteiger partial charge in [0.05, 0.1) is 0 Å². The maximum atomic E-state index is 3.36. The Kier molecular flexibility index (Phi) is 11.8. The molecule has 0 bridgehead atoms. The highest BCUT2D eigenvalue weighted by molar-refractivity contribution is 4.71. The number of hydrogen-bond acceptors (Lipinski definition) is 2. The summed E-state index contributed by atoms with van der Waals surface area (Å²) in [5, 5.41) is 2.20. The third kappa shape index (κ3) is 7.03. The van der Waals surface area contributed by atoms with Crippen LogP contribution in [0.1, 0.15) is 54.4 Å². The molecule has 0 aliphatic carbocycles. The van der Waals surface area contributed by atoms with E-state index < -0.39 is 0 Å². The topological polar surface area (TPSA) is 15.3 Å². The summed E-state index contributed by atoms with van der Waals surface area (Å²) in [6.07, 6.45) is 2.64. The molecule has 2 heteroatoms. The van der Waals surface area contributed by atoms with Crippen LogP contribution in [0.15, 0.2) is 0 Å². The van der Waals surface area contributed by atoms with Gasteiger partial charge >= 0.3 is 0 Å². The first-order chi connectivity index (χ1) is 6.20. The van der Waals surface area contributed by atoms with E-state index in [0.29, 0.717) is 12.1 Å². The molecule has 1 saturated heterocycles. The van der Waals surface area contributed by atoms with Crippen LogP contribution < -0.4 is 5.43 Å². The van der Waals surface area contributed by atoms with Gasteiger partial charge in [-0.25, -0.2) is 5.01 Å². The van der Waals surface area contributed by atoms with Gasteiger partial charge in [0.25, 0.3) is 0 Å². The van der Waals surface area contributed by atoms with Gasteiger partial charge in [-0.3, -0.25) is 5.43 Å². The monoisotopic (exact) mass is 188 g/mol. The van der Waals surface area contributed by atoms with E-state index in [1.807, 2.05) is 27.7 Å². The summed E-state index contributed by atoms with van der Waals surface area (Å²) in [5.74, 6) is 0. The standard InChI is InChI=1S/C7H16N2.2C2H6/c1-6-4-5-7(2)9(3)8-6;2*1-2/h6-8H,4-5H2,1-3H3;2*1-2H3. The van der Waals surface area contributed by atoms with Crippen LogP contribution in [0.4, 0.5) is 0 Å². The van der Waals surface area contributed by atoms with Crippen molar-refractivity contribution in [3.05, 3.63) is 0 Å². The molecule has 1 aliphatic heterocycles. The van der Waals surface area contributed by atoms with Gasteiger partial charge in [0.2, 0.25) is 0 Å². The fourth-order valence-corrected chi connectivity index (χ4v) is 1.22. The van der Waals surface area contributed by atoms with Gasteiger partial charge in [-0.2, -0.15) is 0 Å². The predicted octanol–water partition coefficient (Wildman–Crippen LogP) is 3.05. The Balaban J connectivity index is 0. The van der Waals surface area contributed by atoms with Crippen LogP contribution in [-0.4, -0.2) is 24.1 Å². The predicted molar refractivity (Wildman–Crippen MR) is 61.8 cm³/mol. The first kappa shape index (κ1) is 15.4. The van der Waals surface area contributed by atoms with Crippen molar-refractivity contribution in [2.45, 2.75) is 66.5 Å². The maximum Gasteiger partial charge on any atom is 0.0212 e. The lowest BCUT2D eigenvalue weighted by molar-refractivity contribution is 0.0981. The van der Waals surface area contributed by atoms with Crippen LogP contribution in [0.3, 0.4) is 0 Å². The highest BCUT2D eigenvalue weighted by Gasteiger charge is 2.17. The van der Waals surface area contributed by atoms with E-state index in [1.165, 1.54) is 12.8 Å². The van der Waals surface area contributed by atoms with Crippen LogP contribution >= 0.6 is 0 Å². The van der Waals surface area contributed by atoms with Gasteiger partial charge in [-0.15, -0.1) is 0 Å². The van der Waals surface area contributed by atoms with E-state index in [2.05, 4.69) is 31.3 Å². The molecule has 1 fully saturated rings. The molecule has 0 aromatic carbocycles. The second-order valence-corrected chi connectivity index (χ2v) is 3.07. The zero-order valence-corrected chi connectivity index (χ0v) is 10.5. The van der Waals surface area contributed by atoms with E-state index in [9.17, 15) is 0 Å². The minimum absolute atomic E-state index is 0.672. The first-order valence-corrected chi connectivity index (χ1v) is 5.69. The van der Waals surface area contributed by atoms with Crippen LogP contribution in [0.25, 0.3) is 0 Å². The Bertz CT molecular complexity index is 94.1. The lowest BCUT2D eigenvalue weighted by atomic mass is 10.1. The maximum absolute atomic E-state index is 3.36. The molecule has 2 unspecified atom stereocenters. The van der Waals surface area contributed by atoms with E-state index in [0.717, 1.165) is 0 Å². The van der Waals surface area contributed by atoms with Crippen LogP contribution in [0.5, 0.6) is 0 Å². The summed E-state index contributed by atoms with van der Waals surface area (Å²) in [4.78, 5) is 0. The highest BCUT2D eigenvalue weighted by atomic mass is 15.5. The van der Waals surface area contributed by atoms with E-state index in [4.69, 9.17) is 0 Å². The number of nitrogens with one attached hydrogen (secondary N) is 1. The second-order valence-electron chi connectivity index (χ2n) is 3.07. The molecular weight excluding hydrogens is 160 g/mol. The van der Waals surface area contributed by atoms with E-state index in [1.54, 1.807) is 0 Å². The Morgan fingerprint density at radius 1 is 1.00 bits per heavy atom. The molecule has 0 aromatic rings. The van der Waals surface area contributed by atoms with Crippen molar-refractivity contribution in [2.24, 2.45) is 0 Å². The van der Waals surface area contributed by atoms with Crippen LogP contribution in [-0.2, 0) is 0 Å². The first-order valence-electron chi connectivity index (χ1n) is 5.69. The van der Waals surface area contributed by atoms with Crippen molar-refractivity contribution < 1.29 is 0 Å². The summed E-state index contributed by atoms with van der Waals surface area (Å²) < 4.78 is 0. The van der Waals surface area contributed by atoms with Crippen LogP contribution in [0, 0.1) is 0 Å². The van der Waals surface area contributed by atoms with Crippen molar-refractivity contribution in [1.82, 2.24) is 10.4 Å². The molecule has 0 spiro atoms. The molecule has 13 heavy (non-hydrogen) atoms. The molecule has 0 radical (unpaired) electrons. The molecule has 2 atom stereocenters. The van der Waals surface area contributed by atoms with Crippen molar-refractivity contribution in [3.8, 4) is 0 Å². The number of hydrazine groups is 1. The normalized spacial score (nSPS) is 27.9. The zero-order chi connectivity index (χ0) is 10.9. The molecule has 82 valence electrons. The Morgan fingerprint density at radius 2 is 1.46 bits per heavy atom. The molecular formula is C11H28N2. The summed E-state index contributed by atoms with van der Waals surface area (Å²) in [5.41, 5.74) is 3.36. The molecule has 0 amide bonds. The van der Waals surface area contributed by atoms with E-state index >= 15 is 0 Å². The third-order valence-electron chi connectivity index (χ3n) is 2.10. The van der Waals surface area contributed by atoms with Crippen molar-refractivity contribution in [2.75, 3.05) is 7.05 Å². The minimum atomic E-state index is 0.672. The number of hydrogen-bond donors (Lipinski definition) is 1. The smallest absolute Gasteiger partial charge is 0.0212 e. The Labute approximate surface area is 84.7 Å². The fourth-order valence-electron chi connectivity index (χ4n) is 1.22. The number of rotatable bonds is 0. The zero-order valence-electron chi connectivity index (χ0n) is 10.5. The average molecular weight is 188 g/mol. The molecule has 1 rings (SSSR count). The lowest BCUT2D eigenvalue weighted by Crippen LogP contribution is -2.50. The molecule has 1 N–H and O–H groups in total. The molecule has 0 saturated carbocycles. The van der Waals surface area contributed by atoms with E-state index in [-0.39, 0.29) is 0 Å². The van der Waals surface area contributed by atoms with Gasteiger partial charge in [-0.05, 0) is 26.7 Å². The SMILES string of the molecule is CC.CC.CC1CCC(C)N(C)N1. The Morgan fingerprint density at radius 3 is 1.77 bits per heavy atom. The van der Waals surface area contributed by atoms with Gasteiger partial charge in [0, 0.05) is 19.1 Å². The average Bonchev–Trinajstić information content (AvgIpc) is 2.18. The van der Waals surface area contributed by atoms with Gasteiger partial charge in [0.15, 0.2) is 0 Å². The second kappa shape index (κ2) is 10.0. The van der Waals surface area contributed by atoms with Gasteiger partial charge in [0.1, 0.15) is 0 Å². The van der Waals surface area contributed by atoms with Crippen molar-refractivity contribution in [3.63, 3.8) is 0 Å². The van der Waals surface area contributed by atoms with Crippen LogP contribution in [0.2, 0.25) is 0 Å². The van der Waals surface area contributed by atoms with Gasteiger partial charge < -0.3 is 0 Å². The summed E-state index contributed by atoms with van der Waals surface area (Å²) in [6.45, 7) is 12.5. The largest absolute Gasteiger partial charge is 0.252 e. The third-order valence-corrected chi connectivity index (χ3v) is 2.10. The van der Waals surface area contributed by atoms with Crippen molar-refractivity contribution >= 4 is 0 Å².